The maximum Gasteiger partial charge on any atom is 0.259 e. The minimum absolute atomic E-state index is 0.138. The summed E-state index contributed by atoms with van der Waals surface area (Å²) in [6.45, 7) is 5.69. The molecule has 0 radical (unpaired) electrons. The second-order valence-electron chi connectivity index (χ2n) is 5.26. The fourth-order valence-electron chi connectivity index (χ4n) is 2.60. The summed E-state index contributed by atoms with van der Waals surface area (Å²) in [7, 11) is 0. The highest BCUT2D eigenvalue weighted by Gasteiger charge is 2.20. The van der Waals surface area contributed by atoms with E-state index in [0.717, 1.165) is 29.0 Å². The van der Waals surface area contributed by atoms with Crippen LogP contribution in [0.5, 0.6) is 5.75 Å². The van der Waals surface area contributed by atoms with E-state index in [4.69, 9.17) is 9.15 Å². The molecular formula is C16H17NO3. The van der Waals surface area contributed by atoms with Gasteiger partial charge in [0, 0.05) is 17.7 Å². The molecule has 1 aromatic heterocycles. The third-order valence-electron chi connectivity index (χ3n) is 3.54. The molecule has 1 N–H and O–H groups in total. The topological polar surface area (TPSA) is 51.5 Å². The molecule has 0 spiro atoms. The van der Waals surface area contributed by atoms with E-state index in [2.05, 4.69) is 5.32 Å². The lowest BCUT2D eigenvalue weighted by molar-refractivity contribution is 0.102. The van der Waals surface area contributed by atoms with Gasteiger partial charge in [0.1, 0.15) is 17.6 Å². The zero-order valence-corrected chi connectivity index (χ0v) is 11.8. The normalized spacial score (nSPS) is 16.6. The highest BCUT2D eigenvalue weighted by molar-refractivity contribution is 6.06. The number of anilines is 1. The van der Waals surface area contributed by atoms with Crippen LogP contribution in [0.3, 0.4) is 0 Å². The Labute approximate surface area is 117 Å². The average Bonchev–Trinajstić information content (AvgIpc) is 2.91. The van der Waals surface area contributed by atoms with Gasteiger partial charge in [0.25, 0.3) is 5.91 Å². The van der Waals surface area contributed by atoms with E-state index in [9.17, 15) is 4.79 Å². The molecule has 1 atom stereocenters. The molecule has 0 fully saturated rings. The van der Waals surface area contributed by atoms with E-state index in [1.54, 1.807) is 13.2 Å². The van der Waals surface area contributed by atoms with Gasteiger partial charge in [-0.15, -0.1) is 0 Å². The first kappa shape index (κ1) is 12.8. The van der Waals surface area contributed by atoms with Crippen molar-refractivity contribution in [3.63, 3.8) is 0 Å². The van der Waals surface area contributed by atoms with Crippen LogP contribution in [0.4, 0.5) is 5.69 Å². The summed E-state index contributed by atoms with van der Waals surface area (Å²) < 4.78 is 10.9. The first-order valence-corrected chi connectivity index (χ1v) is 6.70. The SMILES string of the molecule is Cc1coc(C)c1C(=O)Nc1ccc2c(c1)CC(C)O2. The zero-order valence-electron chi connectivity index (χ0n) is 11.8. The second-order valence-corrected chi connectivity index (χ2v) is 5.26. The number of benzene rings is 1. The van der Waals surface area contributed by atoms with Crippen molar-refractivity contribution in [2.45, 2.75) is 33.3 Å². The van der Waals surface area contributed by atoms with Crippen molar-refractivity contribution in [1.82, 2.24) is 0 Å². The van der Waals surface area contributed by atoms with Crippen LogP contribution in [0.1, 0.15) is 34.2 Å². The minimum Gasteiger partial charge on any atom is -0.490 e. The van der Waals surface area contributed by atoms with Crippen LogP contribution in [-0.4, -0.2) is 12.0 Å². The van der Waals surface area contributed by atoms with Crippen molar-refractivity contribution >= 4 is 11.6 Å². The molecule has 1 aromatic carbocycles. The van der Waals surface area contributed by atoms with Crippen LogP contribution in [0.15, 0.2) is 28.9 Å². The van der Waals surface area contributed by atoms with Crippen molar-refractivity contribution < 1.29 is 13.9 Å². The highest BCUT2D eigenvalue weighted by Crippen LogP contribution is 2.31. The first-order chi connectivity index (χ1) is 9.54. The van der Waals surface area contributed by atoms with E-state index in [1.165, 1.54) is 0 Å². The number of rotatable bonds is 2. The number of amides is 1. The number of hydrogen-bond donors (Lipinski definition) is 1. The van der Waals surface area contributed by atoms with Gasteiger partial charge in [-0.05, 0) is 44.5 Å². The van der Waals surface area contributed by atoms with Crippen LogP contribution in [-0.2, 0) is 6.42 Å². The van der Waals surface area contributed by atoms with Gasteiger partial charge in [0.2, 0.25) is 0 Å². The van der Waals surface area contributed by atoms with Crippen molar-refractivity contribution in [2.24, 2.45) is 0 Å². The summed E-state index contributed by atoms with van der Waals surface area (Å²) in [4.78, 5) is 12.3. The lowest BCUT2D eigenvalue weighted by Gasteiger charge is -2.07. The van der Waals surface area contributed by atoms with Crippen LogP contribution in [0.2, 0.25) is 0 Å². The maximum atomic E-state index is 12.3. The van der Waals surface area contributed by atoms with Crippen LogP contribution in [0.25, 0.3) is 0 Å². The van der Waals surface area contributed by atoms with Gasteiger partial charge >= 0.3 is 0 Å². The molecule has 0 bridgehead atoms. The zero-order chi connectivity index (χ0) is 14.3. The van der Waals surface area contributed by atoms with Crippen LogP contribution in [0, 0.1) is 13.8 Å². The predicted octanol–water partition coefficient (Wildman–Crippen LogP) is 3.47. The number of hydrogen-bond acceptors (Lipinski definition) is 3. The molecule has 0 saturated heterocycles. The third kappa shape index (κ3) is 2.18. The monoisotopic (exact) mass is 271 g/mol. The number of fused-ring (bicyclic) bond motifs is 1. The Morgan fingerprint density at radius 1 is 1.35 bits per heavy atom. The van der Waals surface area contributed by atoms with Crippen molar-refractivity contribution in [3.05, 3.63) is 46.9 Å². The Bertz CT molecular complexity index is 653. The molecule has 20 heavy (non-hydrogen) atoms. The summed E-state index contributed by atoms with van der Waals surface area (Å²) in [5.41, 5.74) is 3.37. The molecule has 2 aromatic rings. The molecule has 0 saturated carbocycles. The summed E-state index contributed by atoms with van der Waals surface area (Å²) in [5, 5.41) is 2.92. The Hall–Kier alpha value is -2.23. The second kappa shape index (κ2) is 4.71. The number of carbonyl (C=O) groups is 1. The van der Waals surface area contributed by atoms with Gasteiger partial charge in [-0.25, -0.2) is 0 Å². The van der Waals surface area contributed by atoms with E-state index in [0.29, 0.717) is 11.3 Å². The van der Waals surface area contributed by atoms with Crippen molar-refractivity contribution in [3.8, 4) is 5.75 Å². The van der Waals surface area contributed by atoms with Crippen LogP contribution < -0.4 is 10.1 Å². The van der Waals surface area contributed by atoms with Crippen LogP contribution >= 0.6 is 0 Å². The van der Waals surface area contributed by atoms with Gasteiger partial charge in [-0.1, -0.05) is 0 Å². The van der Waals surface area contributed by atoms with Crippen molar-refractivity contribution in [1.29, 1.82) is 0 Å². The quantitative estimate of drug-likeness (QED) is 0.909. The maximum absolute atomic E-state index is 12.3. The van der Waals surface area contributed by atoms with Gasteiger partial charge in [-0.2, -0.15) is 0 Å². The number of nitrogens with one attached hydrogen (secondary N) is 1. The third-order valence-corrected chi connectivity index (χ3v) is 3.54. The number of furan rings is 1. The minimum atomic E-state index is -0.138. The lowest BCUT2D eigenvalue weighted by atomic mass is 10.1. The Balaban J connectivity index is 1.82. The average molecular weight is 271 g/mol. The van der Waals surface area contributed by atoms with Gasteiger partial charge in [0.05, 0.1) is 11.8 Å². The fraction of sp³-hybridized carbons (Fsp3) is 0.312. The largest absolute Gasteiger partial charge is 0.490 e. The molecule has 1 aliphatic rings. The Kier molecular flexibility index (Phi) is 3.01. The smallest absolute Gasteiger partial charge is 0.259 e. The van der Waals surface area contributed by atoms with E-state index >= 15 is 0 Å². The summed E-state index contributed by atoms with van der Waals surface area (Å²) in [5.74, 6) is 1.41. The first-order valence-electron chi connectivity index (χ1n) is 6.70. The molecule has 0 aliphatic carbocycles. The molecule has 4 heteroatoms. The predicted molar refractivity (Wildman–Crippen MR) is 76.4 cm³/mol. The molecular weight excluding hydrogens is 254 g/mol. The van der Waals surface area contributed by atoms with E-state index in [-0.39, 0.29) is 12.0 Å². The molecule has 1 amide bonds. The van der Waals surface area contributed by atoms with Gasteiger partial charge < -0.3 is 14.5 Å². The lowest BCUT2D eigenvalue weighted by Crippen LogP contribution is -2.13. The number of carbonyl (C=O) groups excluding carboxylic acids is 1. The fourth-order valence-corrected chi connectivity index (χ4v) is 2.60. The van der Waals surface area contributed by atoms with Gasteiger partial charge in [0.15, 0.2) is 0 Å². The molecule has 104 valence electrons. The van der Waals surface area contributed by atoms with Crippen molar-refractivity contribution in [2.75, 3.05) is 5.32 Å². The summed E-state index contributed by atoms with van der Waals surface area (Å²) in [6, 6.07) is 5.74. The highest BCUT2D eigenvalue weighted by atomic mass is 16.5. The number of aryl methyl sites for hydroxylation is 2. The Morgan fingerprint density at radius 3 is 2.85 bits per heavy atom. The standard InChI is InChI=1S/C16H17NO3/c1-9-8-19-11(3)15(9)16(18)17-13-4-5-14-12(7-13)6-10(2)20-14/h4-5,7-8,10H,6H2,1-3H3,(H,17,18). The van der Waals surface area contributed by atoms with E-state index in [1.807, 2.05) is 32.0 Å². The molecule has 4 nitrogen and oxygen atoms in total. The summed E-state index contributed by atoms with van der Waals surface area (Å²) in [6.07, 6.45) is 2.68. The molecule has 2 heterocycles. The Morgan fingerprint density at radius 2 is 2.15 bits per heavy atom. The van der Waals surface area contributed by atoms with Gasteiger partial charge in [-0.3, -0.25) is 4.79 Å². The number of ether oxygens (including phenoxy) is 1. The summed E-state index contributed by atoms with van der Waals surface area (Å²) >= 11 is 0. The molecule has 1 unspecified atom stereocenters. The molecule has 1 aliphatic heterocycles. The van der Waals surface area contributed by atoms with E-state index < -0.39 is 0 Å². The molecule has 3 rings (SSSR count).